The summed E-state index contributed by atoms with van der Waals surface area (Å²) in [7, 11) is -2.88. The zero-order chi connectivity index (χ0) is 15.5. The highest BCUT2D eigenvalue weighted by molar-refractivity contribution is 7.89. The lowest BCUT2D eigenvalue weighted by Crippen LogP contribution is -2.44. The second kappa shape index (κ2) is 6.06. The summed E-state index contributed by atoms with van der Waals surface area (Å²) in [5, 5.41) is 8.98. The van der Waals surface area contributed by atoms with Gasteiger partial charge in [-0.05, 0) is 12.0 Å². The van der Waals surface area contributed by atoms with E-state index in [1.54, 1.807) is 13.8 Å². The van der Waals surface area contributed by atoms with Crippen molar-refractivity contribution in [1.29, 1.82) is 0 Å². The Balaban J connectivity index is 3.02. The molecule has 0 bridgehead atoms. The van der Waals surface area contributed by atoms with Gasteiger partial charge in [0, 0.05) is 6.20 Å². The number of sulfonamides is 1. The topological polar surface area (TPSA) is 126 Å². The predicted octanol–water partition coefficient (Wildman–Crippen LogP) is 0.189. The molecule has 8 nitrogen and oxygen atoms in total. The maximum Gasteiger partial charge on any atom is 0.354 e. The van der Waals surface area contributed by atoms with Gasteiger partial charge in [-0.15, -0.1) is 0 Å². The molecular weight excluding hydrogens is 288 g/mol. The molecule has 0 fully saturated rings. The number of aliphatic carboxylic acids is 1. The zero-order valence-electron chi connectivity index (χ0n) is 11.2. The molecule has 1 heterocycles. The van der Waals surface area contributed by atoms with E-state index in [2.05, 4.69) is 14.4 Å². The van der Waals surface area contributed by atoms with Gasteiger partial charge in [-0.25, -0.2) is 13.2 Å². The Morgan fingerprint density at radius 2 is 2.00 bits per heavy atom. The van der Waals surface area contributed by atoms with Crippen LogP contribution in [0.25, 0.3) is 0 Å². The van der Waals surface area contributed by atoms with E-state index in [0.29, 0.717) is 0 Å². The minimum atomic E-state index is -4.04. The van der Waals surface area contributed by atoms with Crippen LogP contribution in [0.1, 0.15) is 24.3 Å². The summed E-state index contributed by atoms with van der Waals surface area (Å²) in [4.78, 5) is 24.5. The third-order valence-corrected chi connectivity index (χ3v) is 4.01. The van der Waals surface area contributed by atoms with Gasteiger partial charge in [-0.3, -0.25) is 4.79 Å². The van der Waals surface area contributed by atoms with Crippen molar-refractivity contribution in [3.05, 3.63) is 18.0 Å². The minimum absolute atomic E-state index is 0.0377. The fraction of sp³-hybridized carbons (Fsp3) is 0.455. The van der Waals surface area contributed by atoms with Crippen molar-refractivity contribution in [2.24, 2.45) is 5.92 Å². The first-order valence-corrected chi connectivity index (χ1v) is 7.19. The van der Waals surface area contributed by atoms with E-state index < -0.39 is 33.9 Å². The summed E-state index contributed by atoms with van der Waals surface area (Å²) < 4.78 is 30.6. The number of hydrogen-bond donors (Lipinski definition) is 3. The van der Waals surface area contributed by atoms with E-state index in [1.165, 1.54) is 0 Å². The lowest BCUT2D eigenvalue weighted by molar-refractivity contribution is -0.140. The van der Waals surface area contributed by atoms with Gasteiger partial charge in [0.15, 0.2) is 0 Å². The first-order chi connectivity index (χ1) is 9.19. The van der Waals surface area contributed by atoms with Gasteiger partial charge in [0.05, 0.1) is 7.11 Å². The van der Waals surface area contributed by atoms with Crippen molar-refractivity contribution in [2.45, 2.75) is 24.8 Å². The lowest BCUT2D eigenvalue weighted by atomic mass is 10.1. The van der Waals surface area contributed by atoms with Gasteiger partial charge in [-0.2, -0.15) is 4.72 Å². The number of esters is 1. The van der Waals surface area contributed by atoms with Crippen LogP contribution in [0.3, 0.4) is 0 Å². The number of carboxylic acid groups (broad SMARTS) is 1. The van der Waals surface area contributed by atoms with Crippen LogP contribution in [0.15, 0.2) is 17.2 Å². The number of rotatable bonds is 6. The first kappa shape index (κ1) is 16.2. The highest BCUT2D eigenvalue weighted by Crippen LogP contribution is 2.14. The number of hydrogen-bond acceptors (Lipinski definition) is 5. The van der Waals surface area contributed by atoms with E-state index in [1.807, 2.05) is 0 Å². The summed E-state index contributed by atoms with van der Waals surface area (Å²) in [6.45, 7) is 3.16. The molecule has 112 valence electrons. The number of H-pyrrole nitrogens is 1. The second-order valence-electron chi connectivity index (χ2n) is 4.42. The number of carbonyl (C=O) groups excluding carboxylic acids is 1. The molecule has 0 saturated heterocycles. The Labute approximate surface area is 116 Å². The largest absolute Gasteiger partial charge is 0.480 e. The highest BCUT2D eigenvalue weighted by atomic mass is 32.2. The van der Waals surface area contributed by atoms with Crippen molar-refractivity contribution in [1.82, 2.24) is 9.71 Å². The Morgan fingerprint density at radius 1 is 1.40 bits per heavy atom. The third kappa shape index (κ3) is 3.58. The molecule has 0 amide bonds. The molecule has 0 saturated carbocycles. The average molecular weight is 304 g/mol. The number of nitrogens with one attached hydrogen (secondary N) is 2. The van der Waals surface area contributed by atoms with Crippen LogP contribution < -0.4 is 4.72 Å². The maximum absolute atomic E-state index is 12.0. The van der Waals surface area contributed by atoms with E-state index in [0.717, 1.165) is 19.4 Å². The second-order valence-corrected chi connectivity index (χ2v) is 6.14. The molecule has 1 aromatic rings. The molecule has 0 spiro atoms. The number of methoxy groups -OCH3 is 1. The van der Waals surface area contributed by atoms with Crippen molar-refractivity contribution >= 4 is 22.0 Å². The molecule has 0 radical (unpaired) electrons. The van der Waals surface area contributed by atoms with Crippen LogP contribution in [-0.2, 0) is 19.6 Å². The number of aromatic nitrogens is 1. The highest BCUT2D eigenvalue weighted by Gasteiger charge is 2.29. The normalized spacial score (nSPS) is 13.2. The lowest BCUT2D eigenvalue weighted by Gasteiger charge is -2.17. The quantitative estimate of drug-likeness (QED) is 0.644. The van der Waals surface area contributed by atoms with Gasteiger partial charge in [0.2, 0.25) is 10.0 Å². The van der Waals surface area contributed by atoms with Gasteiger partial charge < -0.3 is 14.8 Å². The van der Waals surface area contributed by atoms with Crippen molar-refractivity contribution in [2.75, 3.05) is 7.11 Å². The Kier molecular flexibility index (Phi) is 4.90. The van der Waals surface area contributed by atoms with Gasteiger partial charge in [0.1, 0.15) is 16.6 Å². The fourth-order valence-corrected chi connectivity index (χ4v) is 2.79. The van der Waals surface area contributed by atoms with Gasteiger partial charge in [0.25, 0.3) is 0 Å². The molecule has 9 heteroatoms. The van der Waals surface area contributed by atoms with Crippen LogP contribution in [0, 0.1) is 5.92 Å². The summed E-state index contributed by atoms with van der Waals surface area (Å²) in [5.74, 6) is -2.42. The van der Waals surface area contributed by atoms with Crippen LogP contribution in [0.5, 0.6) is 0 Å². The van der Waals surface area contributed by atoms with Gasteiger partial charge >= 0.3 is 11.9 Å². The summed E-state index contributed by atoms with van der Waals surface area (Å²) >= 11 is 0. The van der Waals surface area contributed by atoms with Crippen molar-refractivity contribution in [3.8, 4) is 0 Å². The van der Waals surface area contributed by atoms with Crippen LogP contribution in [-0.4, -0.2) is 43.6 Å². The van der Waals surface area contributed by atoms with E-state index in [4.69, 9.17) is 5.11 Å². The Hall–Kier alpha value is -1.87. The molecule has 1 atom stereocenters. The number of ether oxygens (including phenoxy) is 1. The predicted molar refractivity (Wildman–Crippen MR) is 68.7 cm³/mol. The summed E-state index contributed by atoms with van der Waals surface area (Å²) in [6.07, 6.45) is 1.09. The third-order valence-electron chi connectivity index (χ3n) is 2.59. The molecule has 3 N–H and O–H groups in total. The maximum atomic E-state index is 12.0. The number of carbonyl (C=O) groups is 2. The molecular formula is C11H16N2O6S. The standard InChI is InChI=1S/C11H16N2O6S/c1-6(2)9(10(14)15)13-20(17,18)7-4-8(12-5-7)11(16)19-3/h4-6,9,12-13H,1-3H3,(H,14,15)/t9-/m1/s1. The molecule has 0 aliphatic heterocycles. The molecule has 0 unspecified atom stereocenters. The average Bonchev–Trinajstić information content (AvgIpc) is 2.84. The van der Waals surface area contributed by atoms with Gasteiger partial charge in [-0.1, -0.05) is 13.8 Å². The summed E-state index contributed by atoms with van der Waals surface area (Å²) in [5.41, 5.74) is -0.0377. The molecule has 0 aliphatic carbocycles. The molecule has 1 aromatic heterocycles. The SMILES string of the molecule is COC(=O)c1cc(S(=O)(=O)N[C@@H](C(=O)O)C(C)C)c[nH]1. The smallest absolute Gasteiger partial charge is 0.354 e. The number of carboxylic acids is 1. The summed E-state index contributed by atoms with van der Waals surface area (Å²) in [6, 6.07) is -0.176. The van der Waals surface area contributed by atoms with Crippen LogP contribution in [0.2, 0.25) is 0 Å². The molecule has 1 rings (SSSR count). The van der Waals surface area contributed by atoms with E-state index >= 15 is 0 Å². The van der Waals surface area contributed by atoms with Crippen molar-refractivity contribution in [3.63, 3.8) is 0 Å². The van der Waals surface area contributed by atoms with Crippen molar-refractivity contribution < 1.29 is 27.9 Å². The minimum Gasteiger partial charge on any atom is -0.480 e. The zero-order valence-corrected chi connectivity index (χ0v) is 12.0. The van der Waals surface area contributed by atoms with E-state index in [-0.39, 0.29) is 10.6 Å². The molecule has 0 aliphatic rings. The fourth-order valence-electron chi connectivity index (χ4n) is 1.46. The number of aromatic amines is 1. The first-order valence-electron chi connectivity index (χ1n) is 5.71. The van der Waals surface area contributed by atoms with Crippen LogP contribution in [0.4, 0.5) is 0 Å². The monoisotopic (exact) mass is 304 g/mol. The van der Waals surface area contributed by atoms with Crippen LogP contribution >= 0.6 is 0 Å². The molecule has 20 heavy (non-hydrogen) atoms. The van der Waals surface area contributed by atoms with E-state index in [9.17, 15) is 18.0 Å². The Bertz CT molecular complexity index is 604. The Morgan fingerprint density at radius 3 is 2.45 bits per heavy atom. The molecule has 0 aromatic carbocycles.